The summed E-state index contributed by atoms with van der Waals surface area (Å²) in [6.07, 6.45) is -7.07. The first-order valence-corrected chi connectivity index (χ1v) is 10.7. The molecule has 6 atom stereocenters. The van der Waals surface area contributed by atoms with Gasteiger partial charge in [0.15, 0.2) is 6.17 Å². The fourth-order valence-corrected chi connectivity index (χ4v) is 5.21. The molecule has 7 heteroatoms. The molecule has 3 fully saturated rings. The Morgan fingerprint density at radius 2 is 1.32 bits per heavy atom. The lowest BCUT2D eigenvalue weighted by Crippen LogP contribution is -2.44. The second-order valence-electron chi connectivity index (χ2n) is 9.16. The molecule has 3 aliphatic carbocycles. The van der Waals surface area contributed by atoms with Gasteiger partial charge in [0.25, 0.3) is 0 Å². The average molecular weight is 410 g/mol. The first-order valence-electron chi connectivity index (χ1n) is 10.7. The van der Waals surface area contributed by atoms with Crippen molar-refractivity contribution >= 4 is 5.97 Å². The molecule has 28 heavy (non-hydrogen) atoms. The predicted molar refractivity (Wildman–Crippen MR) is 95.5 cm³/mol. The van der Waals surface area contributed by atoms with Crippen LogP contribution in [0.15, 0.2) is 0 Å². The molecule has 0 radical (unpaired) electrons. The van der Waals surface area contributed by atoms with Crippen molar-refractivity contribution in [3.8, 4) is 0 Å². The van der Waals surface area contributed by atoms with Crippen molar-refractivity contribution in [3.05, 3.63) is 0 Å². The number of alkyl halides is 5. The predicted octanol–water partition coefficient (Wildman–Crippen LogP) is 5.63. The Morgan fingerprint density at radius 3 is 1.93 bits per heavy atom. The number of hydrogen-bond donors (Lipinski definition) is 0. The van der Waals surface area contributed by atoms with Crippen LogP contribution in [0, 0.1) is 23.7 Å². The summed E-state index contributed by atoms with van der Waals surface area (Å²) in [6, 6.07) is 0. The Labute approximate surface area is 163 Å². The molecular weight excluding hydrogens is 379 g/mol. The molecule has 0 N–H and O–H groups in total. The van der Waals surface area contributed by atoms with Crippen LogP contribution >= 0.6 is 0 Å². The maximum atomic E-state index is 14.7. The van der Waals surface area contributed by atoms with E-state index in [4.69, 9.17) is 4.74 Å². The minimum absolute atomic E-state index is 0.0444. The summed E-state index contributed by atoms with van der Waals surface area (Å²) in [5, 5.41) is 0. The molecule has 6 unspecified atom stereocenters. The van der Waals surface area contributed by atoms with Crippen molar-refractivity contribution in [1.29, 1.82) is 0 Å². The minimum atomic E-state index is -2.25. The number of rotatable bonds is 3. The summed E-state index contributed by atoms with van der Waals surface area (Å²) < 4.78 is 75.2. The van der Waals surface area contributed by atoms with Crippen LogP contribution < -0.4 is 0 Å². The summed E-state index contributed by atoms with van der Waals surface area (Å²) >= 11 is 0. The number of carbonyl (C=O) groups is 1. The summed E-state index contributed by atoms with van der Waals surface area (Å²) in [4.78, 5) is 12.4. The van der Waals surface area contributed by atoms with Crippen molar-refractivity contribution in [2.45, 2.75) is 102 Å². The van der Waals surface area contributed by atoms with Crippen LogP contribution in [0.3, 0.4) is 0 Å². The lowest BCUT2D eigenvalue weighted by atomic mass is 9.68. The van der Waals surface area contributed by atoms with E-state index in [2.05, 4.69) is 6.92 Å². The standard InChI is InChI=1S/C21H31F5O2/c1-11-2-4-12(5-3-11)13-8-16(23)19(17(24)9-13)21(27)28-14-6-7-15(22)20(26)18(25)10-14/h11-20H,2-10H2,1H3. The minimum Gasteiger partial charge on any atom is -0.462 e. The van der Waals surface area contributed by atoms with Gasteiger partial charge in [-0.15, -0.1) is 0 Å². The Kier molecular flexibility index (Phi) is 7.24. The largest absolute Gasteiger partial charge is 0.462 e. The van der Waals surface area contributed by atoms with E-state index >= 15 is 0 Å². The summed E-state index contributed by atoms with van der Waals surface area (Å²) in [6.45, 7) is 2.19. The number of esters is 1. The Bertz CT molecular complexity index is 513. The van der Waals surface area contributed by atoms with Gasteiger partial charge in [-0.3, -0.25) is 4.79 Å². The second-order valence-corrected chi connectivity index (χ2v) is 9.16. The highest BCUT2D eigenvalue weighted by Crippen LogP contribution is 2.43. The van der Waals surface area contributed by atoms with E-state index in [1.54, 1.807) is 0 Å². The smallest absolute Gasteiger partial charge is 0.315 e. The molecule has 3 rings (SSSR count). The highest BCUT2D eigenvalue weighted by atomic mass is 19.2. The average Bonchev–Trinajstić information content (AvgIpc) is 2.75. The van der Waals surface area contributed by atoms with E-state index in [0.29, 0.717) is 11.8 Å². The molecule has 0 aromatic carbocycles. The van der Waals surface area contributed by atoms with Crippen LogP contribution in [-0.4, -0.2) is 42.9 Å². The van der Waals surface area contributed by atoms with Crippen molar-refractivity contribution < 1.29 is 31.5 Å². The van der Waals surface area contributed by atoms with Crippen LogP contribution in [0.25, 0.3) is 0 Å². The van der Waals surface area contributed by atoms with Gasteiger partial charge < -0.3 is 4.74 Å². The third-order valence-electron chi connectivity index (χ3n) is 7.06. The number of halogens is 5. The quantitative estimate of drug-likeness (QED) is 0.343. The van der Waals surface area contributed by atoms with Crippen LogP contribution in [0.1, 0.15) is 64.7 Å². The van der Waals surface area contributed by atoms with Gasteiger partial charge in [0, 0.05) is 6.42 Å². The lowest BCUT2D eigenvalue weighted by Gasteiger charge is -2.39. The van der Waals surface area contributed by atoms with Crippen LogP contribution in [0.2, 0.25) is 0 Å². The third-order valence-corrected chi connectivity index (χ3v) is 7.06. The molecule has 0 bridgehead atoms. The first kappa shape index (κ1) is 21.8. The number of hydrogen-bond acceptors (Lipinski definition) is 2. The van der Waals surface area contributed by atoms with E-state index in [0.717, 1.165) is 25.7 Å². The number of ether oxygens (including phenoxy) is 1. The SMILES string of the molecule is CC1CCC(C2CC(F)C(C(=O)OC3CCC(F)C(F)C(F)C3)C(F)C2)CC1. The molecule has 3 saturated carbocycles. The zero-order chi connectivity index (χ0) is 20.4. The van der Waals surface area contributed by atoms with Gasteiger partial charge in [-0.25, -0.2) is 22.0 Å². The molecule has 0 aromatic heterocycles. The monoisotopic (exact) mass is 410 g/mol. The molecular formula is C21H31F5O2. The zero-order valence-corrected chi connectivity index (χ0v) is 16.3. The van der Waals surface area contributed by atoms with E-state index in [-0.39, 0.29) is 31.6 Å². The molecule has 0 heterocycles. The highest BCUT2D eigenvalue weighted by molar-refractivity contribution is 5.74. The van der Waals surface area contributed by atoms with Gasteiger partial charge in [0.2, 0.25) is 0 Å². The fourth-order valence-electron chi connectivity index (χ4n) is 5.21. The first-order chi connectivity index (χ1) is 13.3. The third kappa shape index (κ3) is 4.99. The van der Waals surface area contributed by atoms with Gasteiger partial charge in [-0.2, -0.15) is 0 Å². The molecule has 162 valence electrons. The van der Waals surface area contributed by atoms with E-state index in [1.807, 2.05) is 0 Å². The molecule has 0 amide bonds. The van der Waals surface area contributed by atoms with Crippen LogP contribution in [0.4, 0.5) is 22.0 Å². The van der Waals surface area contributed by atoms with Crippen LogP contribution in [0.5, 0.6) is 0 Å². The van der Waals surface area contributed by atoms with E-state index in [9.17, 15) is 26.7 Å². The van der Waals surface area contributed by atoms with Crippen molar-refractivity contribution in [3.63, 3.8) is 0 Å². The molecule has 0 aromatic rings. The van der Waals surface area contributed by atoms with Gasteiger partial charge in [0.1, 0.15) is 36.7 Å². The van der Waals surface area contributed by atoms with Crippen LogP contribution in [-0.2, 0) is 9.53 Å². The number of carbonyl (C=O) groups excluding carboxylic acids is 1. The van der Waals surface area contributed by atoms with E-state index < -0.39 is 55.3 Å². The Hall–Kier alpha value is -0.880. The van der Waals surface area contributed by atoms with Crippen molar-refractivity contribution in [1.82, 2.24) is 0 Å². The maximum Gasteiger partial charge on any atom is 0.315 e. The van der Waals surface area contributed by atoms with Gasteiger partial charge >= 0.3 is 5.97 Å². The Morgan fingerprint density at radius 1 is 0.714 bits per heavy atom. The van der Waals surface area contributed by atoms with Gasteiger partial charge in [-0.1, -0.05) is 19.8 Å². The van der Waals surface area contributed by atoms with Crippen molar-refractivity contribution in [2.24, 2.45) is 23.7 Å². The summed E-state index contributed by atoms with van der Waals surface area (Å²) in [5.74, 6) is -1.70. The molecule has 0 saturated heterocycles. The van der Waals surface area contributed by atoms with Crippen molar-refractivity contribution in [2.75, 3.05) is 0 Å². The topological polar surface area (TPSA) is 26.3 Å². The second kappa shape index (κ2) is 9.29. The Balaban J connectivity index is 1.55. The molecule has 3 aliphatic rings. The van der Waals surface area contributed by atoms with Gasteiger partial charge in [-0.05, 0) is 56.3 Å². The van der Waals surface area contributed by atoms with E-state index in [1.165, 1.54) is 0 Å². The summed E-state index contributed by atoms with van der Waals surface area (Å²) in [7, 11) is 0. The van der Waals surface area contributed by atoms with Gasteiger partial charge in [0.05, 0.1) is 0 Å². The molecule has 0 aliphatic heterocycles. The zero-order valence-electron chi connectivity index (χ0n) is 16.3. The highest BCUT2D eigenvalue weighted by Gasteiger charge is 2.47. The maximum absolute atomic E-state index is 14.7. The lowest BCUT2D eigenvalue weighted by molar-refractivity contribution is -0.164. The molecule has 0 spiro atoms. The summed E-state index contributed by atoms with van der Waals surface area (Å²) in [5.41, 5.74) is 0. The fraction of sp³-hybridized carbons (Fsp3) is 0.952. The normalized spacial score (nSPS) is 47.9. The molecule has 2 nitrogen and oxygen atoms in total.